The van der Waals surface area contributed by atoms with Gasteiger partial charge in [0.1, 0.15) is 5.75 Å². The topological polar surface area (TPSA) is 67.8 Å². The van der Waals surface area contributed by atoms with Crippen LogP contribution in [-0.4, -0.2) is 21.7 Å². The predicted molar refractivity (Wildman–Crippen MR) is 85.1 cm³/mol. The highest BCUT2D eigenvalue weighted by atomic mass is 79.9. The minimum absolute atomic E-state index is 0.151. The van der Waals surface area contributed by atoms with E-state index in [1.54, 1.807) is 43.5 Å². The lowest BCUT2D eigenvalue weighted by molar-refractivity contribution is 0.415. The third-order valence-corrected chi connectivity index (χ3v) is 4.39. The lowest BCUT2D eigenvalue weighted by Crippen LogP contribution is -2.18. The fourth-order valence-corrected chi connectivity index (χ4v) is 2.58. The Morgan fingerprint density at radius 1 is 1.10 bits per heavy atom. The number of halogens is 1. The zero-order valence-corrected chi connectivity index (χ0v) is 13.6. The summed E-state index contributed by atoms with van der Waals surface area (Å²) >= 11 is 3.25. The Kier molecular flexibility index (Phi) is 4.98. The first-order valence-electron chi connectivity index (χ1n) is 5.96. The van der Waals surface area contributed by atoms with E-state index in [9.17, 15) is 8.42 Å². The van der Waals surface area contributed by atoms with Crippen molar-refractivity contribution in [1.82, 2.24) is 4.83 Å². The Balaban J connectivity index is 2.06. The van der Waals surface area contributed by atoms with Gasteiger partial charge in [-0.1, -0.05) is 15.9 Å². The smallest absolute Gasteiger partial charge is 0.276 e. The summed E-state index contributed by atoms with van der Waals surface area (Å²) < 4.78 is 29.8. The number of benzene rings is 2. The summed E-state index contributed by atoms with van der Waals surface area (Å²) in [5.41, 5.74) is 0.759. The molecule has 0 saturated heterocycles. The Morgan fingerprint density at radius 2 is 1.71 bits per heavy atom. The van der Waals surface area contributed by atoms with Gasteiger partial charge in [0, 0.05) is 4.47 Å². The Bertz CT molecular complexity index is 726. The van der Waals surface area contributed by atoms with Crippen molar-refractivity contribution in [2.75, 3.05) is 7.11 Å². The average molecular weight is 369 g/mol. The van der Waals surface area contributed by atoms with Gasteiger partial charge in [-0.15, -0.1) is 0 Å². The average Bonchev–Trinajstić information content (AvgIpc) is 2.48. The van der Waals surface area contributed by atoms with E-state index in [2.05, 4.69) is 25.9 Å². The number of ether oxygens (including phenoxy) is 1. The highest BCUT2D eigenvalue weighted by molar-refractivity contribution is 9.10. The molecule has 0 amide bonds. The van der Waals surface area contributed by atoms with Crippen molar-refractivity contribution in [1.29, 1.82) is 0 Å². The number of nitrogens with one attached hydrogen (secondary N) is 1. The van der Waals surface area contributed by atoms with Crippen LogP contribution < -0.4 is 9.57 Å². The van der Waals surface area contributed by atoms with Gasteiger partial charge in [-0.05, 0) is 54.1 Å². The van der Waals surface area contributed by atoms with Crippen LogP contribution in [0.2, 0.25) is 0 Å². The third-order valence-electron chi connectivity index (χ3n) is 2.63. The molecule has 0 radical (unpaired) electrons. The summed E-state index contributed by atoms with van der Waals surface area (Å²) in [6.07, 6.45) is 1.43. The van der Waals surface area contributed by atoms with E-state index in [4.69, 9.17) is 4.74 Å². The van der Waals surface area contributed by atoms with Crippen LogP contribution >= 0.6 is 15.9 Å². The van der Waals surface area contributed by atoms with Gasteiger partial charge in [-0.3, -0.25) is 0 Å². The summed E-state index contributed by atoms with van der Waals surface area (Å²) in [7, 11) is -2.07. The molecular weight excluding hydrogens is 356 g/mol. The summed E-state index contributed by atoms with van der Waals surface area (Å²) in [6, 6.07) is 13.4. The van der Waals surface area contributed by atoms with Gasteiger partial charge in [-0.25, -0.2) is 4.83 Å². The van der Waals surface area contributed by atoms with Crippen molar-refractivity contribution in [2.45, 2.75) is 4.90 Å². The SMILES string of the molecule is COc1ccc(/C=N/NS(=O)(=O)c2ccc(Br)cc2)cc1. The van der Waals surface area contributed by atoms with E-state index in [1.165, 1.54) is 18.3 Å². The van der Waals surface area contributed by atoms with Gasteiger partial charge in [0.05, 0.1) is 18.2 Å². The van der Waals surface area contributed by atoms with Crippen LogP contribution in [0.1, 0.15) is 5.56 Å². The fraction of sp³-hybridized carbons (Fsp3) is 0.0714. The van der Waals surface area contributed by atoms with Crippen LogP contribution in [0.4, 0.5) is 0 Å². The normalized spacial score (nSPS) is 11.5. The molecule has 0 heterocycles. The van der Waals surface area contributed by atoms with E-state index in [0.29, 0.717) is 0 Å². The lowest BCUT2D eigenvalue weighted by atomic mass is 10.2. The molecule has 0 atom stereocenters. The summed E-state index contributed by atoms with van der Waals surface area (Å²) in [5, 5.41) is 3.75. The number of methoxy groups -OCH3 is 1. The second kappa shape index (κ2) is 6.73. The van der Waals surface area contributed by atoms with Crippen LogP contribution in [0.3, 0.4) is 0 Å². The largest absolute Gasteiger partial charge is 0.497 e. The first-order valence-corrected chi connectivity index (χ1v) is 8.23. The molecule has 2 rings (SSSR count). The first-order chi connectivity index (χ1) is 10.0. The molecule has 0 spiro atoms. The predicted octanol–water partition coefficient (Wildman–Crippen LogP) is 2.77. The van der Waals surface area contributed by atoms with Crippen molar-refractivity contribution in [3.05, 3.63) is 58.6 Å². The molecule has 0 fully saturated rings. The minimum atomic E-state index is -3.65. The number of hydrazone groups is 1. The summed E-state index contributed by atoms with van der Waals surface area (Å²) in [5.74, 6) is 0.725. The van der Waals surface area contributed by atoms with Gasteiger partial charge >= 0.3 is 0 Å². The number of nitrogens with zero attached hydrogens (tertiary/aromatic N) is 1. The highest BCUT2D eigenvalue weighted by Crippen LogP contribution is 2.14. The molecule has 0 aliphatic carbocycles. The standard InChI is InChI=1S/C14H13BrN2O3S/c1-20-13-6-2-11(3-7-13)10-16-17-21(18,19)14-8-4-12(15)5-9-14/h2-10,17H,1H3/b16-10+. The maximum atomic E-state index is 12.0. The van der Waals surface area contributed by atoms with Crippen molar-refractivity contribution in [2.24, 2.45) is 5.10 Å². The van der Waals surface area contributed by atoms with E-state index in [-0.39, 0.29) is 4.90 Å². The Morgan fingerprint density at radius 3 is 2.29 bits per heavy atom. The summed E-state index contributed by atoms with van der Waals surface area (Å²) in [4.78, 5) is 2.32. The fourth-order valence-electron chi connectivity index (χ4n) is 1.53. The van der Waals surface area contributed by atoms with Gasteiger partial charge in [0.25, 0.3) is 10.0 Å². The molecule has 21 heavy (non-hydrogen) atoms. The number of rotatable bonds is 5. The van der Waals surface area contributed by atoms with E-state index in [1.807, 2.05) is 0 Å². The number of sulfonamides is 1. The van der Waals surface area contributed by atoms with Gasteiger partial charge in [-0.2, -0.15) is 13.5 Å². The number of hydrogen-bond donors (Lipinski definition) is 1. The Hall–Kier alpha value is -1.86. The molecule has 5 nitrogen and oxygen atoms in total. The van der Waals surface area contributed by atoms with Crippen molar-refractivity contribution >= 4 is 32.2 Å². The van der Waals surface area contributed by atoms with Crippen molar-refractivity contribution < 1.29 is 13.2 Å². The first kappa shape index (κ1) is 15.5. The van der Waals surface area contributed by atoms with Crippen LogP contribution in [0, 0.1) is 0 Å². The highest BCUT2D eigenvalue weighted by Gasteiger charge is 2.11. The monoisotopic (exact) mass is 368 g/mol. The van der Waals surface area contributed by atoms with Gasteiger partial charge in [0.2, 0.25) is 0 Å². The molecule has 1 N–H and O–H groups in total. The van der Waals surface area contributed by atoms with Crippen LogP contribution in [0.5, 0.6) is 5.75 Å². The Labute approximate surface area is 131 Å². The molecule has 0 aliphatic heterocycles. The minimum Gasteiger partial charge on any atom is -0.497 e. The van der Waals surface area contributed by atoms with Crippen molar-refractivity contribution in [3.8, 4) is 5.75 Å². The maximum Gasteiger partial charge on any atom is 0.276 e. The molecule has 110 valence electrons. The third kappa shape index (κ3) is 4.30. The molecule has 0 bridgehead atoms. The maximum absolute atomic E-state index is 12.0. The summed E-state index contributed by atoms with van der Waals surface area (Å²) in [6.45, 7) is 0. The molecule has 2 aromatic carbocycles. The second-order valence-electron chi connectivity index (χ2n) is 4.08. The second-order valence-corrected chi connectivity index (χ2v) is 6.66. The zero-order valence-electron chi connectivity index (χ0n) is 11.2. The van der Waals surface area contributed by atoms with Crippen molar-refractivity contribution in [3.63, 3.8) is 0 Å². The molecule has 0 unspecified atom stereocenters. The van der Waals surface area contributed by atoms with E-state index >= 15 is 0 Å². The number of hydrogen-bond acceptors (Lipinski definition) is 4. The quantitative estimate of drug-likeness (QED) is 0.651. The van der Waals surface area contributed by atoms with E-state index < -0.39 is 10.0 Å². The molecule has 0 aromatic heterocycles. The van der Waals surface area contributed by atoms with Crippen LogP contribution in [-0.2, 0) is 10.0 Å². The van der Waals surface area contributed by atoms with Gasteiger partial charge < -0.3 is 4.74 Å². The molecule has 0 saturated carbocycles. The van der Waals surface area contributed by atoms with Crippen LogP contribution in [0.15, 0.2) is 63.0 Å². The molecule has 2 aromatic rings. The zero-order chi connectivity index (χ0) is 15.3. The lowest BCUT2D eigenvalue weighted by Gasteiger charge is -2.03. The van der Waals surface area contributed by atoms with Gasteiger partial charge in [0.15, 0.2) is 0 Å². The molecular formula is C14H13BrN2O3S. The van der Waals surface area contributed by atoms with Crippen LogP contribution in [0.25, 0.3) is 0 Å². The molecule has 7 heteroatoms. The molecule has 0 aliphatic rings. The van der Waals surface area contributed by atoms with E-state index in [0.717, 1.165) is 15.8 Å².